The number of likely N-dealkylation sites (N-methyl/N-ethyl adjacent to an activating group) is 1. The number of hydrogen-bond acceptors (Lipinski definition) is 3. The second-order valence-electron chi connectivity index (χ2n) is 5.44. The molecule has 1 spiro atoms. The van der Waals surface area contributed by atoms with E-state index in [4.69, 9.17) is 0 Å². The lowest BCUT2D eigenvalue weighted by atomic mass is 9.70. The van der Waals surface area contributed by atoms with Crippen molar-refractivity contribution < 1.29 is 4.79 Å². The van der Waals surface area contributed by atoms with E-state index in [-0.39, 0.29) is 11.3 Å². The molecule has 0 atom stereocenters. The molecular weight excluding hydrogens is 232 g/mol. The maximum atomic E-state index is 12.1. The summed E-state index contributed by atoms with van der Waals surface area (Å²) >= 11 is 1.67. The van der Waals surface area contributed by atoms with Crippen molar-refractivity contribution in [2.75, 3.05) is 33.7 Å². The highest BCUT2D eigenvalue weighted by molar-refractivity contribution is 7.08. The van der Waals surface area contributed by atoms with Gasteiger partial charge in [0, 0.05) is 24.4 Å². The quantitative estimate of drug-likeness (QED) is 0.701. The number of carbonyl (C=O) groups excluding carboxylic acids is 1. The summed E-state index contributed by atoms with van der Waals surface area (Å²) < 4.78 is 0. The average Bonchev–Trinajstić information content (AvgIpc) is 2.80. The maximum absolute atomic E-state index is 12.1. The molecule has 0 unspecified atom stereocenters. The van der Waals surface area contributed by atoms with Crippen LogP contribution in [0.5, 0.6) is 0 Å². The molecule has 3 nitrogen and oxygen atoms in total. The van der Waals surface area contributed by atoms with Crippen LogP contribution in [-0.4, -0.2) is 49.4 Å². The van der Waals surface area contributed by atoms with Gasteiger partial charge in [0.05, 0.1) is 5.56 Å². The smallest absolute Gasteiger partial charge is 0.254 e. The number of rotatable bonds is 0. The minimum Gasteiger partial charge on any atom is -0.341 e. The molecule has 92 valence electrons. The Bertz CT molecular complexity index is 446. The van der Waals surface area contributed by atoms with Crippen LogP contribution in [0.4, 0.5) is 0 Å². The third kappa shape index (κ3) is 1.62. The first kappa shape index (κ1) is 11.2. The molecule has 3 rings (SSSR count). The fourth-order valence-electron chi connectivity index (χ4n) is 3.16. The van der Waals surface area contributed by atoms with Crippen molar-refractivity contribution in [2.24, 2.45) is 0 Å². The first-order valence-electron chi connectivity index (χ1n) is 6.13. The van der Waals surface area contributed by atoms with Crippen molar-refractivity contribution in [3.63, 3.8) is 0 Å². The first-order chi connectivity index (χ1) is 8.12. The van der Waals surface area contributed by atoms with Gasteiger partial charge in [0.15, 0.2) is 0 Å². The molecule has 1 aromatic rings. The highest BCUT2D eigenvalue weighted by Gasteiger charge is 2.43. The van der Waals surface area contributed by atoms with Gasteiger partial charge in [-0.15, -0.1) is 0 Å². The summed E-state index contributed by atoms with van der Waals surface area (Å²) in [4.78, 5) is 16.4. The van der Waals surface area contributed by atoms with Crippen LogP contribution in [0, 0.1) is 0 Å². The summed E-state index contributed by atoms with van der Waals surface area (Å²) in [7, 11) is 4.11. The number of thiophene rings is 1. The zero-order valence-electron chi connectivity index (χ0n) is 10.4. The van der Waals surface area contributed by atoms with Crippen LogP contribution in [0.2, 0.25) is 0 Å². The van der Waals surface area contributed by atoms with Crippen molar-refractivity contribution in [3.05, 3.63) is 21.9 Å². The first-order valence-corrected chi connectivity index (χ1v) is 7.07. The third-order valence-electron chi connectivity index (χ3n) is 4.29. The Kier molecular flexibility index (Phi) is 2.52. The number of fused-ring (bicyclic) bond motifs is 2. The molecule has 4 heteroatoms. The lowest BCUT2D eigenvalue weighted by molar-refractivity contribution is 0.0661. The molecule has 2 aliphatic rings. The Morgan fingerprint density at radius 2 is 1.94 bits per heavy atom. The molecule has 0 bridgehead atoms. The van der Waals surface area contributed by atoms with Crippen molar-refractivity contribution >= 4 is 17.2 Å². The van der Waals surface area contributed by atoms with E-state index >= 15 is 0 Å². The predicted octanol–water partition coefficient (Wildman–Crippen LogP) is 1.80. The van der Waals surface area contributed by atoms with Crippen LogP contribution in [0.25, 0.3) is 0 Å². The average molecular weight is 250 g/mol. The van der Waals surface area contributed by atoms with Crippen molar-refractivity contribution in [2.45, 2.75) is 18.3 Å². The topological polar surface area (TPSA) is 23.6 Å². The van der Waals surface area contributed by atoms with Crippen LogP contribution in [-0.2, 0) is 5.41 Å². The standard InChI is InChI=1S/C13H18N2OS/c1-14-5-3-13(4-6-14)9-15(2)12(16)10-7-17-8-11(10)13/h7-8H,3-6,9H2,1-2H3. The van der Waals surface area contributed by atoms with E-state index in [0.29, 0.717) is 0 Å². The van der Waals surface area contributed by atoms with Crippen LogP contribution < -0.4 is 0 Å². The second kappa shape index (κ2) is 3.82. The minimum atomic E-state index is 0.200. The molecule has 17 heavy (non-hydrogen) atoms. The third-order valence-corrected chi connectivity index (χ3v) is 5.04. The summed E-state index contributed by atoms with van der Waals surface area (Å²) in [6.07, 6.45) is 2.34. The molecular formula is C13H18N2OS. The van der Waals surface area contributed by atoms with Crippen molar-refractivity contribution in [3.8, 4) is 0 Å². The van der Waals surface area contributed by atoms with E-state index < -0.39 is 0 Å². The SMILES string of the molecule is CN1CCC2(CC1)CN(C)C(=O)c1cscc12. The molecule has 0 aliphatic carbocycles. The van der Waals surface area contributed by atoms with Gasteiger partial charge in [-0.1, -0.05) is 0 Å². The Labute approximate surface area is 106 Å². The Morgan fingerprint density at radius 3 is 2.65 bits per heavy atom. The van der Waals surface area contributed by atoms with E-state index in [1.165, 1.54) is 18.4 Å². The summed E-state index contributed by atoms with van der Waals surface area (Å²) in [5, 5.41) is 4.22. The van der Waals surface area contributed by atoms with Gasteiger partial charge in [0.1, 0.15) is 0 Å². The van der Waals surface area contributed by atoms with Gasteiger partial charge in [-0.3, -0.25) is 4.79 Å². The number of carbonyl (C=O) groups is 1. The highest BCUT2D eigenvalue weighted by Crippen LogP contribution is 2.42. The van der Waals surface area contributed by atoms with Gasteiger partial charge in [0.2, 0.25) is 0 Å². The lowest BCUT2D eigenvalue weighted by Crippen LogP contribution is -2.52. The summed E-state index contributed by atoms with van der Waals surface area (Å²) in [5.41, 5.74) is 2.50. The Balaban J connectivity index is 2.02. The summed E-state index contributed by atoms with van der Waals surface area (Å²) in [5.74, 6) is 0.200. The molecule has 0 saturated carbocycles. The van der Waals surface area contributed by atoms with Crippen LogP contribution in [0.15, 0.2) is 10.8 Å². The highest BCUT2D eigenvalue weighted by atomic mass is 32.1. The molecule has 0 N–H and O–H groups in total. The van der Waals surface area contributed by atoms with Crippen LogP contribution in [0.3, 0.4) is 0 Å². The molecule has 1 fully saturated rings. The second-order valence-corrected chi connectivity index (χ2v) is 6.19. The molecule has 1 amide bonds. The van der Waals surface area contributed by atoms with E-state index in [1.54, 1.807) is 11.3 Å². The lowest BCUT2D eigenvalue weighted by Gasteiger charge is -2.46. The molecule has 3 heterocycles. The van der Waals surface area contributed by atoms with Crippen molar-refractivity contribution in [1.82, 2.24) is 9.80 Å². The molecule has 0 aromatic carbocycles. The van der Waals surface area contributed by atoms with E-state index in [0.717, 1.165) is 25.2 Å². The van der Waals surface area contributed by atoms with Gasteiger partial charge in [-0.05, 0) is 43.9 Å². The maximum Gasteiger partial charge on any atom is 0.254 e. The Morgan fingerprint density at radius 1 is 1.24 bits per heavy atom. The summed E-state index contributed by atoms with van der Waals surface area (Å²) in [6.45, 7) is 3.16. The molecule has 2 aliphatic heterocycles. The number of hydrogen-bond donors (Lipinski definition) is 0. The number of likely N-dealkylation sites (tertiary alicyclic amines) is 1. The van der Waals surface area contributed by atoms with Crippen LogP contribution >= 0.6 is 11.3 Å². The van der Waals surface area contributed by atoms with Crippen molar-refractivity contribution in [1.29, 1.82) is 0 Å². The van der Waals surface area contributed by atoms with Gasteiger partial charge >= 0.3 is 0 Å². The van der Waals surface area contributed by atoms with Gasteiger partial charge in [-0.25, -0.2) is 0 Å². The fourth-order valence-corrected chi connectivity index (χ4v) is 4.11. The molecule has 1 aromatic heterocycles. The van der Waals surface area contributed by atoms with Gasteiger partial charge in [-0.2, -0.15) is 11.3 Å². The van der Waals surface area contributed by atoms with E-state index in [1.807, 2.05) is 17.3 Å². The normalized spacial score (nSPS) is 24.1. The zero-order valence-corrected chi connectivity index (χ0v) is 11.2. The van der Waals surface area contributed by atoms with Gasteiger partial charge < -0.3 is 9.80 Å². The monoisotopic (exact) mass is 250 g/mol. The zero-order chi connectivity index (χ0) is 12.0. The number of piperidine rings is 1. The summed E-state index contributed by atoms with van der Waals surface area (Å²) in [6, 6.07) is 0. The molecule has 0 radical (unpaired) electrons. The minimum absolute atomic E-state index is 0.200. The van der Waals surface area contributed by atoms with Crippen LogP contribution in [0.1, 0.15) is 28.8 Å². The number of amides is 1. The fraction of sp³-hybridized carbons (Fsp3) is 0.615. The largest absolute Gasteiger partial charge is 0.341 e. The van der Waals surface area contributed by atoms with E-state index in [9.17, 15) is 4.79 Å². The molecule has 1 saturated heterocycles. The van der Waals surface area contributed by atoms with E-state index in [2.05, 4.69) is 17.3 Å². The Hall–Kier alpha value is -0.870. The number of nitrogens with zero attached hydrogens (tertiary/aromatic N) is 2. The van der Waals surface area contributed by atoms with Gasteiger partial charge in [0.25, 0.3) is 5.91 Å². The predicted molar refractivity (Wildman–Crippen MR) is 69.7 cm³/mol.